The lowest BCUT2D eigenvalue weighted by Crippen LogP contribution is -2.74. The molecule has 12 rings (SSSR count). The lowest BCUT2D eigenvalue weighted by molar-refractivity contribution is 0.669. The number of anilines is 3. The molecule has 64 heavy (non-hydrogen) atoms. The quantitative estimate of drug-likeness (QED) is 0.107. The molecule has 0 radical (unpaired) electrons. The Morgan fingerprint density at radius 2 is 0.609 bits per heavy atom. The molecule has 10 aromatic carbocycles. The van der Waals surface area contributed by atoms with Gasteiger partial charge in [0.25, 0.3) is 0 Å². The Balaban J connectivity index is 0.948. The van der Waals surface area contributed by atoms with E-state index >= 15 is 0 Å². The molecule has 0 bridgehead atoms. The van der Waals surface area contributed by atoms with Crippen molar-refractivity contribution < 1.29 is 8.83 Å². The maximum atomic E-state index is 6.64. The predicted octanol–water partition coefficient (Wildman–Crippen LogP) is 13.7. The number of benzene rings is 10. The molecule has 12 aromatic rings. The van der Waals surface area contributed by atoms with E-state index in [4.69, 9.17) is 8.83 Å². The van der Waals surface area contributed by atoms with E-state index in [-0.39, 0.29) is 0 Å². The van der Waals surface area contributed by atoms with Gasteiger partial charge in [0.2, 0.25) is 0 Å². The van der Waals surface area contributed by atoms with Crippen LogP contribution in [0.2, 0.25) is 0 Å². The summed E-state index contributed by atoms with van der Waals surface area (Å²) in [6, 6.07) is 89.7. The highest BCUT2D eigenvalue weighted by molar-refractivity contribution is 7.19. The largest absolute Gasteiger partial charge is 0.456 e. The van der Waals surface area contributed by atoms with Crippen molar-refractivity contribution in [3.05, 3.63) is 249 Å². The number of hydrogen-bond acceptors (Lipinski definition) is 3. The first-order valence-electron chi connectivity index (χ1n) is 21.8. The Kier molecular flexibility index (Phi) is 9.17. The third-order valence-electron chi connectivity index (χ3n) is 12.8. The molecule has 0 unspecified atom stereocenters. The Labute approximate surface area is 372 Å². The molecule has 0 aliphatic rings. The molecule has 0 aliphatic heterocycles. The van der Waals surface area contributed by atoms with E-state index in [2.05, 4.69) is 235 Å². The van der Waals surface area contributed by atoms with E-state index in [9.17, 15) is 0 Å². The van der Waals surface area contributed by atoms with Crippen LogP contribution in [-0.4, -0.2) is 8.07 Å². The lowest BCUT2D eigenvalue weighted by atomic mass is 10.0. The summed E-state index contributed by atoms with van der Waals surface area (Å²) in [5.74, 6) is 0. The fourth-order valence-electron chi connectivity index (χ4n) is 9.80. The van der Waals surface area contributed by atoms with Crippen LogP contribution in [0.5, 0.6) is 0 Å². The average molecular weight is 836 g/mol. The summed E-state index contributed by atoms with van der Waals surface area (Å²) in [6.07, 6.45) is 0. The van der Waals surface area contributed by atoms with Gasteiger partial charge in [-0.3, -0.25) is 0 Å². The first kappa shape index (κ1) is 37.6. The van der Waals surface area contributed by atoms with Crippen molar-refractivity contribution in [2.45, 2.75) is 0 Å². The topological polar surface area (TPSA) is 29.5 Å². The SMILES string of the molecule is c1ccc(-c2ccc3c(c2)oc2cc(N(c4ccc(-c5ccc([Si](c6ccccc6)(c6ccccc6)c6ccccc6)cc5)cc4)c4ccc5c(c4)oc4ccccc45)ccc23)cc1. The molecule has 2 heterocycles. The summed E-state index contributed by atoms with van der Waals surface area (Å²) in [4.78, 5) is 2.29. The Morgan fingerprint density at radius 3 is 1.16 bits per heavy atom. The van der Waals surface area contributed by atoms with Crippen LogP contribution in [0, 0.1) is 0 Å². The van der Waals surface area contributed by atoms with Crippen LogP contribution in [0.1, 0.15) is 0 Å². The van der Waals surface area contributed by atoms with Crippen LogP contribution < -0.4 is 25.6 Å². The molecule has 302 valence electrons. The molecule has 0 saturated heterocycles. The second-order valence-corrected chi connectivity index (χ2v) is 20.3. The van der Waals surface area contributed by atoms with Crippen LogP contribution >= 0.6 is 0 Å². The smallest absolute Gasteiger partial charge is 0.179 e. The first-order valence-corrected chi connectivity index (χ1v) is 23.8. The molecule has 4 heteroatoms. The van der Waals surface area contributed by atoms with E-state index in [0.717, 1.165) is 72.1 Å². The maximum absolute atomic E-state index is 6.64. The van der Waals surface area contributed by atoms with E-state index in [0.29, 0.717) is 0 Å². The van der Waals surface area contributed by atoms with Gasteiger partial charge in [0.05, 0.1) is 0 Å². The van der Waals surface area contributed by atoms with Crippen molar-refractivity contribution in [2.24, 2.45) is 0 Å². The van der Waals surface area contributed by atoms with Crippen molar-refractivity contribution in [3.8, 4) is 22.3 Å². The van der Waals surface area contributed by atoms with Gasteiger partial charge in [-0.1, -0.05) is 182 Å². The molecule has 0 aliphatic carbocycles. The Bertz CT molecular complexity index is 3490. The van der Waals surface area contributed by atoms with Crippen molar-refractivity contribution in [2.75, 3.05) is 4.90 Å². The highest BCUT2D eigenvalue weighted by Gasteiger charge is 2.41. The fraction of sp³-hybridized carbons (Fsp3) is 0. The minimum Gasteiger partial charge on any atom is -0.456 e. The summed E-state index contributed by atoms with van der Waals surface area (Å²) >= 11 is 0. The van der Waals surface area contributed by atoms with Crippen LogP contribution in [-0.2, 0) is 0 Å². The average Bonchev–Trinajstić information content (AvgIpc) is 3.93. The van der Waals surface area contributed by atoms with Gasteiger partial charge in [-0.25, -0.2) is 0 Å². The Hall–Kier alpha value is -8.18. The molecule has 0 fully saturated rings. The zero-order valence-corrected chi connectivity index (χ0v) is 35.9. The molecular weight excluding hydrogens is 795 g/mol. The van der Waals surface area contributed by atoms with Gasteiger partial charge in [0.1, 0.15) is 22.3 Å². The van der Waals surface area contributed by atoms with Gasteiger partial charge in [-0.15, -0.1) is 0 Å². The van der Waals surface area contributed by atoms with Gasteiger partial charge in [0.15, 0.2) is 8.07 Å². The van der Waals surface area contributed by atoms with Crippen molar-refractivity contribution in [3.63, 3.8) is 0 Å². The molecule has 0 N–H and O–H groups in total. The normalized spacial score (nSPS) is 11.8. The van der Waals surface area contributed by atoms with E-state index in [1.54, 1.807) is 0 Å². The highest BCUT2D eigenvalue weighted by atomic mass is 28.3. The van der Waals surface area contributed by atoms with Gasteiger partial charge in [0, 0.05) is 50.7 Å². The molecule has 0 atom stereocenters. The third-order valence-corrected chi connectivity index (χ3v) is 17.6. The summed E-state index contributed by atoms with van der Waals surface area (Å²) in [5, 5.41) is 9.84. The van der Waals surface area contributed by atoms with E-state index < -0.39 is 8.07 Å². The van der Waals surface area contributed by atoms with Crippen LogP contribution in [0.4, 0.5) is 17.1 Å². The summed E-state index contributed by atoms with van der Waals surface area (Å²) in [7, 11) is -2.62. The van der Waals surface area contributed by atoms with Gasteiger partial charge < -0.3 is 13.7 Å². The van der Waals surface area contributed by atoms with Gasteiger partial charge >= 0.3 is 0 Å². The molecule has 0 spiro atoms. The van der Waals surface area contributed by atoms with Crippen molar-refractivity contribution in [1.82, 2.24) is 0 Å². The molecule has 0 amide bonds. The van der Waals surface area contributed by atoms with Crippen molar-refractivity contribution in [1.29, 1.82) is 0 Å². The summed E-state index contributed by atoms with van der Waals surface area (Å²) < 4.78 is 13.1. The van der Waals surface area contributed by atoms with Crippen LogP contribution in [0.25, 0.3) is 66.1 Å². The summed E-state index contributed by atoms with van der Waals surface area (Å²) in [5.41, 5.74) is 11.1. The minimum atomic E-state index is -2.62. The predicted molar refractivity (Wildman–Crippen MR) is 270 cm³/mol. The minimum absolute atomic E-state index is 0.838. The Morgan fingerprint density at radius 1 is 0.250 bits per heavy atom. The second kappa shape index (κ2) is 15.6. The van der Waals surface area contributed by atoms with Crippen LogP contribution in [0.3, 0.4) is 0 Å². The number of nitrogens with zero attached hydrogens (tertiary/aromatic N) is 1. The van der Waals surface area contributed by atoms with E-state index in [1.807, 2.05) is 18.2 Å². The molecular formula is C60H41NO2Si. The zero-order valence-electron chi connectivity index (χ0n) is 34.9. The van der Waals surface area contributed by atoms with E-state index in [1.165, 1.54) is 31.9 Å². The van der Waals surface area contributed by atoms with Crippen LogP contribution in [0.15, 0.2) is 258 Å². The molecule has 0 saturated carbocycles. The van der Waals surface area contributed by atoms with Crippen molar-refractivity contribution >= 4 is 89.8 Å². The number of fused-ring (bicyclic) bond motifs is 6. The summed E-state index contributed by atoms with van der Waals surface area (Å²) in [6.45, 7) is 0. The lowest BCUT2D eigenvalue weighted by Gasteiger charge is -2.34. The number of rotatable bonds is 9. The monoisotopic (exact) mass is 835 g/mol. The highest BCUT2D eigenvalue weighted by Crippen LogP contribution is 2.42. The van der Waals surface area contributed by atoms with Gasteiger partial charge in [-0.2, -0.15) is 0 Å². The standard InChI is InChI=1S/C60H41NO2Si/c1-5-15-42(16-6-1)45-29-36-54-56-38-33-48(41-60(56)63-58(54)39-45)61(47-32-37-55-53-23-13-14-24-57(53)62-59(55)40-47)46-30-25-43(26-31-46)44-27-34-52(35-28-44)64(49-17-7-2-8-18-49,50-19-9-3-10-20-50)51-21-11-4-12-22-51/h1-41H. The molecule has 3 nitrogen and oxygen atoms in total. The first-order chi connectivity index (χ1) is 31.7. The second-order valence-electron chi connectivity index (χ2n) is 16.4. The number of hydrogen-bond donors (Lipinski definition) is 0. The zero-order chi connectivity index (χ0) is 42.5. The van der Waals surface area contributed by atoms with Gasteiger partial charge in [-0.05, 0) is 97.6 Å². The number of furan rings is 2. The molecule has 2 aromatic heterocycles. The number of para-hydroxylation sites is 1. The third kappa shape index (κ3) is 6.35. The maximum Gasteiger partial charge on any atom is 0.179 e. The fourth-order valence-corrected chi connectivity index (χ4v) is 14.5.